The van der Waals surface area contributed by atoms with Crippen LogP contribution in [-0.4, -0.2) is 65.1 Å². The molecule has 12 heteroatoms. The number of aliphatic carboxylic acids is 1. The van der Waals surface area contributed by atoms with Gasteiger partial charge in [-0.15, -0.1) is 0 Å². The maximum atomic E-state index is 12.1. The summed E-state index contributed by atoms with van der Waals surface area (Å²) in [6.07, 6.45) is 3.43. The minimum Gasteiger partial charge on any atom is -0.490 e. The SMILES string of the molecule is CCCCCC(C)Oc1ccccc1CCC(=O)OC[C@@H](O)COP(=O)(O)OC[C@H](N)C(=O)O. The van der Waals surface area contributed by atoms with Crippen LogP contribution in [0.5, 0.6) is 5.75 Å². The molecule has 0 saturated carbocycles. The number of aliphatic hydroxyl groups excluding tert-OH is 1. The summed E-state index contributed by atoms with van der Waals surface area (Å²) in [5.41, 5.74) is 6.03. The van der Waals surface area contributed by atoms with E-state index in [0.717, 1.165) is 31.2 Å². The van der Waals surface area contributed by atoms with Crippen LogP contribution in [0, 0.1) is 0 Å². The van der Waals surface area contributed by atoms with Crippen LogP contribution in [0.3, 0.4) is 0 Å². The number of phosphoric acid groups is 1. The van der Waals surface area contributed by atoms with Gasteiger partial charge in [-0.25, -0.2) is 4.57 Å². The van der Waals surface area contributed by atoms with Gasteiger partial charge in [-0.3, -0.25) is 18.6 Å². The molecule has 0 radical (unpaired) electrons. The number of carboxylic acids is 1. The zero-order chi connectivity index (χ0) is 25.6. The summed E-state index contributed by atoms with van der Waals surface area (Å²) >= 11 is 0. The zero-order valence-electron chi connectivity index (χ0n) is 19.6. The molecular weight excluding hydrogens is 469 g/mol. The van der Waals surface area contributed by atoms with Crippen molar-refractivity contribution in [2.45, 2.75) is 70.6 Å². The van der Waals surface area contributed by atoms with Crippen molar-refractivity contribution in [2.75, 3.05) is 19.8 Å². The van der Waals surface area contributed by atoms with Crippen molar-refractivity contribution < 1.29 is 47.8 Å². The lowest BCUT2D eigenvalue weighted by molar-refractivity contribution is -0.147. The zero-order valence-corrected chi connectivity index (χ0v) is 20.5. The fraction of sp³-hybridized carbons (Fsp3) is 0.636. The van der Waals surface area contributed by atoms with Gasteiger partial charge in [-0.05, 0) is 37.8 Å². The Kier molecular flexibility index (Phi) is 14.0. The van der Waals surface area contributed by atoms with Crippen LogP contribution in [0.2, 0.25) is 0 Å². The van der Waals surface area contributed by atoms with E-state index >= 15 is 0 Å². The van der Waals surface area contributed by atoms with Crippen LogP contribution in [0.4, 0.5) is 0 Å². The Morgan fingerprint density at radius 3 is 2.47 bits per heavy atom. The largest absolute Gasteiger partial charge is 0.490 e. The average Bonchev–Trinajstić information content (AvgIpc) is 2.79. The van der Waals surface area contributed by atoms with Gasteiger partial charge < -0.3 is 30.3 Å². The molecule has 4 atom stereocenters. The van der Waals surface area contributed by atoms with E-state index in [0.29, 0.717) is 12.2 Å². The summed E-state index contributed by atoms with van der Waals surface area (Å²) in [6.45, 7) is 2.28. The first-order valence-corrected chi connectivity index (χ1v) is 12.7. The number of carboxylic acid groups (broad SMARTS) is 1. The summed E-state index contributed by atoms with van der Waals surface area (Å²) in [5, 5.41) is 18.4. The van der Waals surface area contributed by atoms with Crippen LogP contribution in [0.25, 0.3) is 0 Å². The van der Waals surface area contributed by atoms with Crippen molar-refractivity contribution in [1.82, 2.24) is 0 Å². The highest BCUT2D eigenvalue weighted by Gasteiger charge is 2.26. The number of carbonyl (C=O) groups excluding carboxylic acids is 1. The molecule has 0 aromatic heterocycles. The third-order valence-electron chi connectivity index (χ3n) is 4.71. The van der Waals surface area contributed by atoms with Crippen molar-refractivity contribution >= 4 is 19.8 Å². The molecule has 0 heterocycles. The van der Waals surface area contributed by atoms with Crippen molar-refractivity contribution in [3.05, 3.63) is 29.8 Å². The maximum absolute atomic E-state index is 12.1. The Bertz CT molecular complexity index is 806. The van der Waals surface area contributed by atoms with Crippen LogP contribution in [0.1, 0.15) is 51.5 Å². The van der Waals surface area contributed by atoms with E-state index in [1.54, 1.807) is 0 Å². The van der Waals surface area contributed by atoms with Crippen molar-refractivity contribution in [1.29, 1.82) is 0 Å². The topological polar surface area (TPSA) is 175 Å². The maximum Gasteiger partial charge on any atom is 0.472 e. The Morgan fingerprint density at radius 1 is 1.12 bits per heavy atom. The van der Waals surface area contributed by atoms with Crippen molar-refractivity contribution in [2.24, 2.45) is 5.73 Å². The molecule has 5 N–H and O–H groups in total. The Morgan fingerprint density at radius 2 is 1.79 bits per heavy atom. The van der Waals surface area contributed by atoms with Crippen molar-refractivity contribution in [3.8, 4) is 5.75 Å². The number of hydrogen-bond donors (Lipinski definition) is 4. The fourth-order valence-corrected chi connectivity index (χ4v) is 3.58. The molecular formula is C22H36NO10P. The minimum absolute atomic E-state index is 0.0485. The van der Waals surface area contributed by atoms with E-state index in [-0.39, 0.29) is 12.5 Å². The summed E-state index contributed by atoms with van der Waals surface area (Å²) in [5.74, 6) is -1.27. The Hall–Kier alpha value is -2.01. The molecule has 1 aromatic rings. The van der Waals surface area contributed by atoms with Gasteiger partial charge in [-0.1, -0.05) is 38.0 Å². The lowest BCUT2D eigenvalue weighted by Crippen LogP contribution is -2.34. The highest BCUT2D eigenvalue weighted by atomic mass is 31.2. The van der Waals surface area contributed by atoms with Gasteiger partial charge in [0, 0.05) is 6.42 Å². The average molecular weight is 506 g/mol. The molecule has 1 aromatic carbocycles. The molecule has 11 nitrogen and oxygen atoms in total. The van der Waals surface area contributed by atoms with Crippen molar-refractivity contribution in [3.63, 3.8) is 0 Å². The van der Waals surface area contributed by atoms with E-state index < -0.39 is 51.7 Å². The number of para-hydroxylation sites is 1. The molecule has 0 aliphatic carbocycles. The molecule has 0 spiro atoms. The van der Waals surface area contributed by atoms with E-state index in [1.807, 2.05) is 31.2 Å². The number of phosphoric ester groups is 1. The lowest BCUT2D eigenvalue weighted by Gasteiger charge is -2.18. The first-order valence-electron chi connectivity index (χ1n) is 11.2. The minimum atomic E-state index is -4.62. The predicted molar refractivity (Wildman–Crippen MR) is 123 cm³/mol. The van der Waals surface area contributed by atoms with E-state index in [9.17, 15) is 24.2 Å². The van der Waals surface area contributed by atoms with E-state index in [2.05, 4.69) is 16.0 Å². The summed E-state index contributed by atoms with van der Waals surface area (Å²) in [7, 11) is -4.62. The molecule has 0 amide bonds. The molecule has 34 heavy (non-hydrogen) atoms. The molecule has 2 unspecified atom stereocenters. The molecule has 1 rings (SSSR count). The molecule has 0 bridgehead atoms. The molecule has 0 saturated heterocycles. The van der Waals surface area contributed by atoms with Crippen LogP contribution in [-0.2, 0) is 34.4 Å². The molecule has 0 aliphatic rings. The number of nitrogens with two attached hydrogens (primary N) is 1. The number of ether oxygens (including phenoxy) is 2. The fourth-order valence-electron chi connectivity index (χ4n) is 2.79. The van der Waals surface area contributed by atoms with Crippen LogP contribution >= 0.6 is 7.82 Å². The molecule has 0 aliphatic heterocycles. The number of carbonyl (C=O) groups is 2. The summed E-state index contributed by atoms with van der Waals surface area (Å²) < 4.78 is 31.7. The first kappa shape index (κ1) is 30.0. The smallest absolute Gasteiger partial charge is 0.472 e. The van der Waals surface area contributed by atoms with Gasteiger partial charge in [0.25, 0.3) is 0 Å². The number of unbranched alkanes of at least 4 members (excludes halogenated alkanes) is 2. The third-order valence-corrected chi connectivity index (χ3v) is 5.67. The Labute approximate surface area is 199 Å². The number of esters is 1. The highest BCUT2D eigenvalue weighted by molar-refractivity contribution is 7.47. The number of benzene rings is 1. The van der Waals surface area contributed by atoms with E-state index in [1.165, 1.54) is 0 Å². The lowest BCUT2D eigenvalue weighted by atomic mass is 10.1. The number of aliphatic hydroxyl groups is 1. The Balaban J connectivity index is 2.38. The second-order valence-corrected chi connectivity index (χ2v) is 9.33. The van der Waals surface area contributed by atoms with Gasteiger partial charge in [0.15, 0.2) is 0 Å². The number of hydrogen-bond acceptors (Lipinski definition) is 9. The quantitative estimate of drug-likeness (QED) is 0.131. The van der Waals surface area contributed by atoms with Crippen LogP contribution in [0.15, 0.2) is 24.3 Å². The highest BCUT2D eigenvalue weighted by Crippen LogP contribution is 2.43. The second kappa shape index (κ2) is 15.8. The first-order chi connectivity index (χ1) is 16.0. The standard InChI is InChI=1S/C22H36NO10P/c1-3-4-5-8-16(2)33-20-10-7-6-9-17(20)11-12-21(25)30-13-18(24)14-31-34(28,29)32-15-19(23)22(26)27/h6-7,9-10,16,18-19,24H,3-5,8,11-15,23H2,1-2H3,(H,26,27)(H,28,29)/t16?,18-,19+/m1/s1. The molecule has 194 valence electrons. The summed E-state index contributed by atoms with van der Waals surface area (Å²) in [4.78, 5) is 32.1. The predicted octanol–water partition coefficient (Wildman–Crippen LogP) is 2.42. The second-order valence-electron chi connectivity index (χ2n) is 7.87. The van der Waals surface area contributed by atoms with Gasteiger partial charge >= 0.3 is 19.8 Å². The third kappa shape index (κ3) is 13.0. The normalized spacial score (nSPS) is 15.7. The summed E-state index contributed by atoms with van der Waals surface area (Å²) in [6, 6.07) is 5.95. The molecule has 0 fully saturated rings. The van der Waals surface area contributed by atoms with E-state index in [4.69, 9.17) is 20.3 Å². The van der Waals surface area contributed by atoms with Gasteiger partial charge in [0.1, 0.15) is 24.5 Å². The van der Waals surface area contributed by atoms with Gasteiger partial charge in [-0.2, -0.15) is 0 Å². The van der Waals surface area contributed by atoms with Crippen LogP contribution < -0.4 is 10.5 Å². The monoisotopic (exact) mass is 505 g/mol. The number of aryl methyl sites for hydroxylation is 1. The van der Waals surface area contributed by atoms with Gasteiger partial charge in [0.2, 0.25) is 0 Å². The van der Waals surface area contributed by atoms with Gasteiger partial charge in [0.05, 0.1) is 19.3 Å². The number of rotatable bonds is 18.